The topological polar surface area (TPSA) is 58.4 Å². The number of para-hydroxylation sites is 1. The molecular formula is C21H19ClF3N3O2. The lowest BCUT2D eigenvalue weighted by molar-refractivity contribution is -0.141. The quantitative estimate of drug-likeness (QED) is 0.570. The van der Waals surface area contributed by atoms with Gasteiger partial charge in [0.05, 0.1) is 22.0 Å². The van der Waals surface area contributed by atoms with E-state index in [1.165, 1.54) is 12.1 Å². The molecule has 1 unspecified atom stereocenters. The van der Waals surface area contributed by atoms with Gasteiger partial charge in [0, 0.05) is 11.6 Å². The lowest BCUT2D eigenvalue weighted by atomic mass is 9.96. The van der Waals surface area contributed by atoms with Crippen molar-refractivity contribution in [3.63, 3.8) is 0 Å². The third-order valence-electron chi connectivity index (χ3n) is 4.88. The Bertz CT molecular complexity index is 1090. The number of carbonyl (C=O) groups is 1. The molecule has 0 amide bonds. The predicted octanol–water partition coefficient (Wildman–Crippen LogP) is 5.53. The number of hydrogen-bond donors (Lipinski definition) is 1. The molecule has 30 heavy (non-hydrogen) atoms. The smallest absolute Gasteiger partial charge is 0.435 e. The number of rotatable bonds is 5. The normalized spacial score (nSPS) is 12.9. The third kappa shape index (κ3) is 4.20. The van der Waals surface area contributed by atoms with Crippen LogP contribution in [-0.4, -0.2) is 39.9 Å². The number of carboxylic acids is 1. The van der Waals surface area contributed by atoms with Crippen LogP contribution in [0.2, 0.25) is 5.02 Å². The summed E-state index contributed by atoms with van der Waals surface area (Å²) in [5.41, 5.74) is 0.326. The van der Waals surface area contributed by atoms with E-state index in [9.17, 15) is 23.1 Å². The molecule has 0 aliphatic heterocycles. The molecule has 9 heteroatoms. The van der Waals surface area contributed by atoms with E-state index in [0.29, 0.717) is 11.1 Å². The molecule has 0 saturated heterocycles. The first-order chi connectivity index (χ1) is 14.0. The highest BCUT2D eigenvalue weighted by atomic mass is 35.5. The highest BCUT2D eigenvalue weighted by molar-refractivity contribution is 6.32. The summed E-state index contributed by atoms with van der Waals surface area (Å²) in [6.07, 6.45) is -4.65. The van der Waals surface area contributed by atoms with Gasteiger partial charge in [-0.15, -0.1) is 0 Å². The molecule has 0 fully saturated rings. The monoisotopic (exact) mass is 437 g/mol. The number of benzene rings is 2. The van der Waals surface area contributed by atoms with Crippen molar-refractivity contribution >= 4 is 17.6 Å². The molecule has 0 aliphatic carbocycles. The Labute approximate surface area is 176 Å². The Balaban J connectivity index is 2.27. The fourth-order valence-corrected chi connectivity index (χ4v) is 3.29. The van der Waals surface area contributed by atoms with Crippen LogP contribution < -0.4 is 0 Å². The Morgan fingerprint density at radius 3 is 2.40 bits per heavy atom. The fraction of sp³-hybridized carbons (Fsp3) is 0.238. The van der Waals surface area contributed by atoms with Crippen molar-refractivity contribution in [2.75, 3.05) is 14.1 Å². The first-order valence-corrected chi connectivity index (χ1v) is 9.34. The van der Waals surface area contributed by atoms with Gasteiger partial charge >= 0.3 is 12.1 Å². The summed E-state index contributed by atoms with van der Waals surface area (Å²) in [5, 5.41) is 13.5. The van der Waals surface area contributed by atoms with Crippen LogP contribution in [0.1, 0.15) is 34.6 Å². The summed E-state index contributed by atoms with van der Waals surface area (Å²) in [6.45, 7) is 1.82. The van der Waals surface area contributed by atoms with Gasteiger partial charge in [-0.1, -0.05) is 29.8 Å². The second kappa shape index (κ2) is 8.12. The van der Waals surface area contributed by atoms with Gasteiger partial charge in [0.25, 0.3) is 0 Å². The molecule has 3 rings (SSSR count). The Morgan fingerprint density at radius 2 is 1.83 bits per heavy atom. The number of carboxylic acid groups (broad SMARTS) is 1. The highest BCUT2D eigenvalue weighted by Gasteiger charge is 2.35. The summed E-state index contributed by atoms with van der Waals surface area (Å²) in [7, 11) is 3.58. The van der Waals surface area contributed by atoms with Crippen molar-refractivity contribution < 1.29 is 23.1 Å². The second-order valence-corrected chi connectivity index (χ2v) is 7.43. The first-order valence-electron chi connectivity index (χ1n) is 8.97. The predicted molar refractivity (Wildman–Crippen MR) is 108 cm³/mol. The van der Waals surface area contributed by atoms with E-state index in [1.807, 2.05) is 11.8 Å². The van der Waals surface area contributed by atoms with Gasteiger partial charge in [-0.25, -0.2) is 9.48 Å². The Hall–Kier alpha value is -2.84. The van der Waals surface area contributed by atoms with Crippen LogP contribution in [0.5, 0.6) is 0 Å². The van der Waals surface area contributed by atoms with E-state index in [4.69, 9.17) is 11.6 Å². The third-order valence-corrected chi connectivity index (χ3v) is 5.20. The molecule has 1 heterocycles. The minimum atomic E-state index is -4.65. The molecule has 0 radical (unpaired) electrons. The Morgan fingerprint density at radius 1 is 1.17 bits per heavy atom. The number of hydrogen-bond acceptors (Lipinski definition) is 3. The van der Waals surface area contributed by atoms with Crippen molar-refractivity contribution in [1.29, 1.82) is 0 Å². The van der Waals surface area contributed by atoms with Crippen molar-refractivity contribution in [2.45, 2.75) is 19.1 Å². The molecule has 2 aromatic carbocycles. The van der Waals surface area contributed by atoms with Crippen molar-refractivity contribution in [1.82, 2.24) is 14.7 Å². The lowest BCUT2D eigenvalue weighted by Gasteiger charge is -2.22. The molecule has 0 saturated carbocycles. The van der Waals surface area contributed by atoms with E-state index >= 15 is 0 Å². The van der Waals surface area contributed by atoms with Gasteiger partial charge in [0.1, 0.15) is 0 Å². The second-order valence-electron chi connectivity index (χ2n) is 7.02. The standard InChI is InChI=1S/C21H19ClF3N3O2/c1-12(27(2)3)15-10-13(8-9-14(15)20(29)30)18-11-19(21(23,24)25)26-28(18)17-7-5-4-6-16(17)22/h4-12H,1-3H3,(H,29,30). The summed E-state index contributed by atoms with van der Waals surface area (Å²) < 4.78 is 41.3. The van der Waals surface area contributed by atoms with Crippen LogP contribution in [0.25, 0.3) is 16.9 Å². The molecule has 1 atom stereocenters. The fourth-order valence-electron chi connectivity index (χ4n) is 3.07. The first kappa shape index (κ1) is 21.9. The number of aromatic carboxylic acids is 1. The van der Waals surface area contributed by atoms with Crippen LogP contribution in [0.3, 0.4) is 0 Å². The SMILES string of the molecule is CC(c1cc(-c2cc(C(F)(F)F)nn2-c2ccccc2Cl)ccc1C(=O)O)N(C)C. The number of aromatic nitrogens is 2. The lowest BCUT2D eigenvalue weighted by Crippen LogP contribution is -2.19. The molecule has 0 spiro atoms. The maximum absolute atomic E-state index is 13.4. The molecule has 158 valence electrons. The minimum absolute atomic E-state index is 0.0832. The van der Waals surface area contributed by atoms with Gasteiger partial charge < -0.3 is 10.0 Å². The van der Waals surface area contributed by atoms with E-state index in [0.717, 1.165) is 10.7 Å². The van der Waals surface area contributed by atoms with Gasteiger partial charge in [0.2, 0.25) is 0 Å². The van der Waals surface area contributed by atoms with Crippen molar-refractivity contribution in [3.8, 4) is 16.9 Å². The van der Waals surface area contributed by atoms with Gasteiger partial charge in [-0.2, -0.15) is 18.3 Å². The van der Waals surface area contributed by atoms with Crippen LogP contribution in [-0.2, 0) is 6.18 Å². The van der Waals surface area contributed by atoms with Crippen LogP contribution in [0.4, 0.5) is 13.2 Å². The van der Waals surface area contributed by atoms with Crippen LogP contribution in [0, 0.1) is 0 Å². The van der Waals surface area contributed by atoms with Crippen LogP contribution in [0.15, 0.2) is 48.5 Å². The average Bonchev–Trinajstić information content (AvgIpc) is 3.12. The summed E-state index contributed by atoms with van der Waals surface area (Å²) in [6, 6.07) is 11.5. The molecular weight excluding hydrogens is 419 g/mol. The minimum Gasteiger partial charge on any atom is -0.478 e. The van der Waals surface area contributed by atoms with Gasteiger partial charge in [-0.05, 0) is 56.9 Å². The zero-order valence-corrected chi connectivity index (χ0v) is 17.2. The van der Waals surface area contributed by atoms with E-state index in [1.54, 1.807) is 44.4 Å². The zero-order chi connectivity index (χ0) is 22.2. The van der Waals surface area contributed by atoms with Gasteiger partial charge in [-0.3, -0.25) is 0 Å². The number of halogens is 4. The van der Waals surface area contributed by atoms with Crippen molar-refractivity contribution in [2.24, 2.45) is 0 Å². The van der Waals surface area contributed by atoms with Crippen molar-refractivity contribution in [3.05, 3.63) is 70.4 Å². The summed E-state index contributed by atoms with van der Waals surface area (Å²) in [5.74, 6) is -1.11. The Kier molecular flexibility index (Phi) is 5.92. The molecule has 1 aromatic heterocycles. The van der Waals surface area contributed by atoms with E-state index in [-0.39, 0.29) is 28.0 Å². The maximum Gasteiger partial charge on any atom is 0.435 e. The maximum atomic E-state index is 13.4. The van der Waals surface area contributed by atoms with Gasteiger partial charge in [0.15, 0.2) is 5.69 Å². The molecule has 1 N–H and O–H groups in total. The van der Waals surface area contributed by atoms with E-state index in [2.05, 4.69) is 5.10 Å². The molecule has 3 aromatic rings. The number of alkyl halides is 3. The van der Waals surface area contributed by atoms with E-state index < -0.39 is 17.8 Å². The van der Waals surface area contributed by atoms with Crippen LogP contribution >= 0.6 is 11.6 Å². The molecule has 0 aliphatic rings. The molecule has 5 nitrogen and oxygen atoms in total. The summed E-state index contributed by atoms with van der Waals surface area (Å²) in [4.78, 5) is 13.5. The molecule has 0 bridgehead atoms. The summed E-state index contributed by atoms with van der Waals surface area (Å²) >= 11 is 6.21. The number of nitrogens with zero attached hydrogens (tertiary/aromatic N) is 3. The zero-order valence-electron chi connectivity index (χ0n) is 16.4. The average molecular weight is 438 g/mol. The highest BCUT2D eigenvalue weighted by Crippen LogP contribution is 2.36. The largest absolute Gasteiger partial charge is 0.478 e.